The summed E-state index contributed by atoms with van der Waals surface area (Å²) in [5.41, 5.74) is 0. The molecule has 0 N–H and O–H groups in total. The molecule has 0 amide bonds. The Morgan fingerprint density at radius 2 is 2.17 bits per heavy atom. The molecule has 0 spiro atoms. The van der Waals surface area contributed by atoms with Crippen LogP contribution in [0.1, 0.15) is 6.42 Å². The summed E-state index contributed by atoms with van der Waals surface area (Å²) in [6.45, 7) is 4.08. The molecular weight excluding hydrogens is 298 g/mol. The Morgan fingerprint density at radius 3 is 2.89 bits per heavy atom. The first-order chi connectivity index (χ1) is 8.79. The number of nitrogens with zero attached hydrogens (tertiary/aromatic N) is 3. The third-order valence-electron chi connectivity index (χ3n) is 2.96. The van der Waals surface area contributed by atoms with Gasteiger partial charge in [-0.05, 0) is 22.4 Å². The minimum atomic E-state index is 0.564. The lowest BCUT2D eigenvalue weighted by Crippen LogP contribution is -2.23. The van der Waals surface area contributed by atoms with Crippen LogP contribution in [0, 0.1) is 5.92 Å². The zero-order chi connectivity index (χ0) is 12.8. The molecule has 1 aliphatic heterocycles. The number of methoxy groups -OCH3 is 1. The van der Waals surface area contributed by atoms with E-state index >= 15 is 0 Å². The van der Waals surface area contributed by atoms with Crippen LogP contribution in [0.15, 0.2) is 16.9 Å². The van der Waals surface area contributed by atoms with E-state index in [4.69, 9.17) is 9.47 Å². The van der Waals surface area contributed by atoms with Crippen molar-refractivity contribution in [3.05, 3.63) is 16.9 Å². The van der Waals surface area contributed by atoms with Gasteiger partial charge in [0.05, 0.1) is 24.3 Å². The maximum absolute atomic E-state index is 5.56. The van der Waals surface area contributed by atoms with Crippen LogP contribution in [-0.2, 0) is 9.47 Å². The Hall–Kier alpha value is -0.720. The Balaban J connectivity index is 1.76. The van der Waals surface area contributed by atoms with Crippen LogP contribution in [0.3, 0.4) is 0 Å². The van der Waals surface area contributed by atoms with E-state index in [1.54, 1.807) is 19.5 Å². The van der Waals surface area contributed by atoms with Gasteiger partial charge in [-0.2, -0.15) is 0 Å². The zero-order valence-corrected chi connectivity index (χ0v) is 12.1. The van der Waals surface area contributed by atoms with E-state index in [0.717, 1.165) is 36.5 Å². The fourth-order valence-corrected chi connectivity index (χ4v) is 2.22. The quantitative estimate of drug-likeness (QED) is 0.748. The van der Waals surface area contributed by atoms with E-state index in [-0.39, 0.29) is 0 Å². The summed E-state index contributed by atoms with van der Waals surface area (Å²) in [4.78, 5) is 10.8. The number of hydrogen-bond acceptors (Lipinski definition) is 5. The number of rotatable bonds is 6. The largest absolute Gasteiger partial charge is 0.382 e. The summed E-state index contributed by atoms with van der Waals surface area (Å²) in [5.74, 6) is 1.37. The van der Waals surface area contributed by atoms with Crippen molar-refractivity contribution in [1.29, 1.82) is 0 Å². The van der Waals surface area contributed by atoms with Gasteiger partial charge in [0.1, 0.15) is 0 Å². The number of anilines is 1. The van der Waals surface area contributed by atoms with Crippen LogP contribution in [0.5, 0.6) is 0 Å². The third kappa shape index (κ3) is 3.90. The second kappa shape index (κ2) is 7.01. The lowest BCUT2D eigenvalue weighted by molar-refractivity contribution is 0.0549. The summed E-state index contributed by atoms with van der Waals surface area (Å²) >= 11 is 3.34. The second-order valence-electron chi connectivity index (χ2n) is 4.37. The number of hydrogen-bond donors (Lipinski definition) is 0. The van der Waals surface area contributed by atoms with E-state index in [9.17, 15) is 0 Å². The van der Waals surface area contributed by atoms with E-state index in [2.05, 4.69) is 30.8 Å². The van der Waals surface area contributed by atoms with Gasteiger partial charge in [0, 0.05) is 38.5 Å². The molecule has 0 saturated carbocycles. The molecule has 1 aromatic rings. The summed E-state index contributed by atoms with van der Waals surface area (Å²) in [5, 5.41) is 0. The molecule has 0 bridgehead atoms. The van der Waals surface area contributed by atoms with Gasteiger partial charge in [-0.15, -0.1) is 0 Å². The molecule has 0 aliphatic carbocycles. The van der Waals surface area contributed by atoms with E-state index < -0.39 is 0 Å². The molecule has 5 nitrogen and oxygen atoms in total. The molecule has 6 heteroatoms. The minimum absolute atomic E-state index is 0.564. The van der Waals surface area contributed by atoms with Crippen molar-refractivity contribution >= 4 is 21.9 Å². The molecule has 2 rings (SSSR count). The third-order valence-corrected chi connectivity index (χ3v) is 3.37. The Bertz CT molecular complexity index is 361. The van der Waals surface area contributed by atoms with Crippen molar-refractivity contribution in [3.8, 4) is 0 Å². The Kier molecular flexibility index (Phi) is 5.34. The highest BCUT2D eigenvalue weighted by Gasteiger charge is 2.24. The van der Waals surface area contributed by atoms with Crippen LogP contribution < -0.4 is 4.90 Å². The number of halogens is 1. The fraction of sp³-hybridized carbons (Fsp3) is 0.667. The highest BCUT2D eigenvalue weighted by Crippen LogP contribution is 2.21. The van der Waals surface area contributed by atoms with Crippen LogP contribution >= 0.6 is 15.9 Å². The van der Waals surface area contributed by atoms with Gasteiger partial charge in [0.25, 0.3) is 0 Å². The van der Waals surface area contributed by atoms with Crippen LogP contribution in [0.4, 0.5) is 5.95 Å². The molecule has 1 unspecified atom stereocenters. The molecule has 1 aromatic heterocycles. The summed E-state index contributed by atoms with van der Waals surface area (Å²) in [7, 11) is 1.69. The van der Waals surface area contributed by atoms with Gasteiger partial charge in [-0.1, -0.05) is 0 Å². The number of ether oxygens (including phenoxy) is 2. The van der Waals surface area contributed by atoms with Crippen LogP contribution in [0.2, 0.25) is 0 Å². The lowest BCUT2D eigenvalue weighted by atomic mass is 10.1. The first kappa shape index (κ1) is 13.7. The van der Waals surface area contributed by atoms with E-state index in [1.165, 1.54) is 0 Å². The smallest absolute Gasteiger partial charge is 0.225 e. The normalized spacial score (nSPS) is 19.4. The van der Waals surface area contributed by atoms with Gasteiger partial charge in [-0.25, -0.2) is 9.97 Å². The molecule has 100 valence electrons. The van der Waals surface area contributed by atoms with Crippen LogP contribution in [-0.4, -0.2) is 50.0 Å². The van der Waals surface area contributed by atoms with Crippen molar-refractivity contribution in [3.63, 3.8) is 0 Å². The average Bonchev–Trinajstić information content (AvgIpc) is 2.84. The van der Waals surface area contributed by atoms with Gasteiger partial charge in [0.2, 0.25) is 5.95 Å². The summed E-state index contributed by atoms with van der Waals surface area (Å²) in [6, 6.07) is 0. The molecule has 1 aliphatic rings. The van der Waals surface area contributed by atoms with Crippen molar-refractivity contribution in [2.24, 2.45) is 5.92 Å². The van der Waals surface area contributed by atoms with Gasteiger partial charge in [0.15, 0.2) is 0 Å². The molecule has 2 heterocycles. The van der Waals surface area contributed by atoms with Crippen molar-refractivity contribution in [2.45, 2.75) is 6.42 Å². The predicted molar refractivity (Wildman–Crippen MR) is 72.7 cm³/mol. The van der Waals surface area contributed by atoms with Gasteiger partial charge < -0.3 is 14.4 Å². The molecule has 1 atom stereocenters. The highest BCUT2D eigenvalue weighted by molar-refractivity contribution is 9.10. The van der Waals surface area contributed by atoms with Gasteiger partial charge >= 0.3 is 0 Å². The molecule has 0 radical (unpaired) electrons. The zero-order valence-electron chi connectivity index (χ0n) is 10.5. The van der Waals surface area contributed by atoms with Crippen molar-refractivity contribution < 1.29 is 9.47 Å². The molecule has 1 saturated heterocycles. The SMILES string of the molecule is COCCOCC1CCN(c2ncc(Br)cn2)C1. The molecule has 18 heavy (non-hydrogen) atoms. The molecular formula is C12H18BrN3O2. The topological polar surface area (TPSA) is 47.5 Å². The van der Waals surface area contributed by atoms with Crippen molar-refractivity contribution in [1.82, 2.24) is 9.97 Å². The Labute approximate surface area is 116 Å². The maximum Gasteiger partial charge on any atom is 0.225 e. The molecule has 0 aromatic carbocycles. The van der Waals surface area contributed by atoms with Gasteiger partial charge in [-0.3, -0.25) is 0 Å². The lowest BCUT2D eigenvalue weighted by Gasteiger charge is -2.16. The first-order valence-electron chi connectivity index (χ1n) is 6.09. The second-order valence-corrected chi connectivity index (χ2v) is 5.29. The van der Waals surface area contributed by atoms with Crippen LogP contribution in [0.25, 0.3) is 0 Å². The fourth-order valence-electron chi connectivity index (χ4n) is 2.01. The average molecular weight is 316 g/mol. The van der Waals surface area contributed by atoms with E-state index in [0.29, 0.717) is 19.1 Å². The monoisotopic (exact) mass is 315 g/mol. The first-order valence-corrected chi connectivity index (χ1v) is 6.88. The number of aromatic nitrogens is 2. The summed E-state index contributed by atoms with van der Waals surface area (Å²) < 4.78 is 11.4. The molecule has 1 fully saturated rings. The highest BCUT2D eigenvalue weighted by atomic mass is 79.9. The summed E-state index contributed by atoms with van der Waals surface area (Å²) in [6.07, 6.45) is 4.70. The van der Waals surface area contributed by atoms with E-state index in [1.807, 2.05) is 0 Å². The van der Waals surface area contributed by atoms with Crippen molar-refractivity contribution in [2.75, 3.05) is 44.9 Å². The minimum Gasteiger partial charge on any atom is -0.382 e. The standard InChI is InChI=1S/C12H18BrN3O2/c1-17-4-5-18-9-10-2-3-16(8-10)12-14-6-11(13)7-15-12/h6-7,10H,2-5,8-9H2,1H3. The maximum atomic E-state index is 5.56. The predicted octanol–water partition coefficient (Wildman–Crippen LogP) is 1.73. The Morgan fingerprint density at radius 1 is 1.39 bits per heavy atom.